The standard InChI is InChI=1S/C25H26ClN5O2.ClH/c1-16-3-4-17(11-22(16)26)14-28-23-21-12-18(27-2)5-6-20(21)24(30-29-23)31-9-7-25(8-10-31)13-19(32)15-33-25;/h3-6,11-12,19,32H,7-10,13-15H2,1H3,(H,28,29);1H. The minimum absolute atomic E-state index is 0. The van der Waals surface area contributed by atoms with Crippen LogP contribution >= 0.6 is 24.0 Å². The van der Waals surface area contributed by atoms with Gasteiger partial charge >= 0.3 is 0 Å². The second kappa shape index (κ2) is 9.93. The Morgan fingerprint density at radius 3 is 2.68 bits per heavy atom. The molecule has 1 spiro atoms. The van der Waals surface area contributed by atoms with Gasteiger partial charge in [0.1, 0.15) is 0 Å². The number of benzene rings is 2. The van der Waals surface area contributed by atoms with E-state index in [-0.39, 0.29) is 24.1 Å². The van der Waals surface area contributed by atoms with E-state index in [2.05, 4.69) is 25.3 Å². The van der Waals surface area contributed by atoms with Gasteiger partial charge in [-0.25, -0.2) is 4.85 Å². The predicted molar refractivity (Wildman–Crippen MR) is 137 cm³/mol. The number of rotatable bonds is 4. The van der Waals surface area contributed by atoms with Gasteiger partial charge in [-0.3, -0.25) is 0 Å². The molecule has 0 radical (unpaired) electrons. The van der Waals surface area contributed by atoms with Crippen molar-refractivity contribution in [2.75, 3.05) is 29.9 Å². The van der Waals surface area contributed by atoms with E-state index >= 15 is 0 Å². The largest absolute Gasteiger partial charge is 0.391 e. The Morgan fingerprint density at radius 1 is 1.21 bits per heavy atom. The predicted octanol–water partition coefficient (Wildman–Crippen LogP) is 5.30. The van der Waals surface area contributed by atoms with Crippen LogP contribution in [0.5, 0.6) is 0 Å². The fraction of sp³-hybridized carbons (Fsp3) is 0.400. The summed E-state index contributed by atoms with van der Waals surface area (Å²) in [6.45, 7) is 12.0. The van der Waals surface area contributed by atoms with Crippen LogP contribution < -0.4 is 10.2 Å². The molecule has 2 N–H and O–H groups in total. The minimum atomic E-state index is -0.363. The van der Waals surface area contributed by atoms with Gasteiger partial charge in [-0.2, -0.15) is 0 Å². The van der Waals surface area contributed by atoms with Crippen molar-refractivity contribution in [2.45, 2.75) is 44.4 Å². The Morgan fingerprint density at radius 2 is 2.00 bits per heavy atom. The SMILES string of the molecule is Cl.[C-]#[N+]c1ccc2c(N3CCC4(CC3)CC(O)CO4)nnc(NCc3ccc(C)c(Cl)c3)c2c1. The Balaban J connectivity index is 0.00000274. The number of fused-ring (bicyclic) bond motifs is 1. The zero-order chi connectivity index (χ0) is 23.0. The Labute approximate surface area is 210 Å². The number of aromatic nitrogens is 2. The molecule has 3 heterocycles. The first-order valence-corrected chi connectivity index (χ1v) is 11.6. The first kappa shape index (κ1) is 24.5. The molecule has 0 amide bonds. The quantitative estimate of drug-likeness (QED) is 0.474. The number of nitrogens with one attached hydrogen (secondary N) is 1. The van der Waals surface area contributed by atoms with Gasteiger partial charge in [-0.1, -0.05) is 35.9 Å². The summed E-state index contributed by atoms with van der Waals surface area (Å²) in [5.41, 5.74) is 2.44. The number of hydrogen-bond donors (Lipinski definition) is 2. The summed E-state index contributed by atoms with van der Waals surface area (Å²) >= 11 is 6.27. The van der Waals surface area contributed by atoms with E-state index in [1.165, 1.54) is 0 Å². The van der Waals surface area contributed by atoms with E-state index < -0.39 is 0 Å². The number of aliphatic hydroxyl groups excluding tert-OH is 1. The number of ether oxygens (including phenoxy) is 1. The molecule has 2 saturated heterocycles. The highest BCUT2D eigenvalue weighted by atomic mass is 35.5. The zero-order valence-corrected chi connectivity index (χ0v) is 20.5. The van der Waals surface area contributed by atoms with Gasteiger partial charge in [0.25, 0.3) is 0 Å². The lowest BCUT2D eigenvalue weighted by atomic mass is 9.88. The van der Waals surface area contributed by atoms with Crippen molar-refractivity contribution >= 4 is 52.1 Å². The lowest BCUT2D eigenvalue weighted by molar-refractivity contribution is -0.0167. The maximum Gasteiger partial charge on any atom is 0.188 e. The Hall–Kier alpha value is -2.63. The van der Waals surface area contributed by atoms with Crippen molar-refractivity contribution in [3.05, 3.63) is 64.0 Å². The summed E-state index contributed by atoms with van der Waals surface area (Å²) in [7, 11) is 0. The van der Waals surface area contributed by atoms with E-state index in [1.54, 1.807) is 0 Å². The third kappa shape index (κ3) is 4.77. The van der Waals surface area contributed by atoms with Crippen LogP contribution in [0.3, 0.4) is 0 Å². The molecule has 34 heavy (non-hydrogen) atoms. The fourth-order valence-corrected chi connectivity index (χ4v) is 4.99. The molecular formula is C25H27Cl2N5O2. The Bertz CT molecular complexity index is 1240. The summed E-state index contributed by atoms with van der Waals surface area (Å²) in [5, 5.41) is 24.9. The highest BCUT2D eigenvalue weighted by Crippen LogP contribution is 2.39. The molecule has 9 heteroatoms. The van der Waals surface area contributed by atoms with E-state index in [9.17, 15) is 5.11 Å². The number of hydrogen-bond acceptors (Lipinski definition) is 6. The summed E-state index contributed by atoms with van der Waals surface area (Å²) in [5.74, 6) is 1.46. The number of piperidine rings is 1. The molecule has 3 aromatic rings. The van der Waals surface area contributed by atoms with Gasteiger partial charge < -0.3 is 20.1 Å². The topological polar surface area (TPSA) is 74.9 Å². The maximum absolute atomic E-state index is 9.91. The summed E-state index contributed by atoms with van der Waals surface area (Å²) < 4.78 is 5.94. The number of halogens is 2. The van der Waals surface area contributed by atoms with Crippen LogP contribution in [0.25, 0.3) is 15.6 Å². The van der Waals surface area contributed by atoms with E-state index in [4.69, 9.17) is 22.9 Å². The molecule has 0 bridgehead atoms. The van der Waals surface area contributed by atoms with Crippen LogP contribution in [0, 0.1) is 13.5 Å². The minimum Gasteiger partial charge on any atom is -0.391 e. The molecule has 1 atom stereocenters. The second-order valence-corrected chi connectivity index (χ2v) is 9.40. The van der Waals surface area contributed by atoms with Crippen molar-refractivity contribution in [1.29, 1.82) is 0 Å². The lowest BCUT2D eigenvalue weighted by Crippen LogP contribution is -2.44. The molecule has 178 valence electrons. The van der Waals surface area contributed by atoms with Crippen LogP contribution in [0.2, 0.25) is 5.02 Å². The Kier molecular flexibility index (Phi) is 7.15. The second-order valence-electron chi connectivity index (χ2n) is 8.99. The molecule has 2 aliphatic heterocycles. The van der Waals surface area contributed by atoms with Gasteiger partial charge in [0.2, 0.25) is 0 Å². The van der Waals surface area contributed by atoms with Crippen LogP contribution in [0.4, 0.5) is 17.3 Å². The smallest absolute Gasteiger partial charge is 0.188 e. The fourth-order valence-electron chi connectivity index (χ4n) is 4.79. The molecule has 0 saturated carbocycles. The van der Waals surface area contributed by atoms with E-state index in [1.807, 2.05) is 43.3 Å². The summed E-state index contributed by atoms with van der Waals surface area (Å²) in [4.78, 5) is 5.83. The van der Waals surface area contributed by atoms with Crippen LogP contribution in [-0.2, 0) is 11.3 Å². The van der Waals surface area contributed by atoms with Gasteiger partial charge in [0.05, 0.1) is 24.9 Å². The van der Waals surface area contributed by atoms with Crippen molar-refractivity contribution in [3.8, 4) is 0 Å². The average molecular weight is 500 g/mol. The van der Waals surface area contributed by atoms with E-state index in [0.717, 1.165) is 58.7 Å². The zero-order valence-electron chi connectivity index (χ0n) is 18.9. The van der Waals surface area contributed by atoms with Crippen molar-refractivity contribution in [2.24, 2.45) is 0 Å². The van der Waals surface area contributed by atoms with Crippen molar-refractivity contribution in [3.63, 3.8) is 0 Å². The normalized spacial score (nSPS) is 19.1. The summed E-state index contributed by atoms with van der Waals surface area (Å²) in [6.07, 6.45) is 2.04. The number of aliphatic hydroxyl groups is 1. The highest BCUT2D eigenvalue weighted by molar-refractivity contribution is 6.31. The van der Waals surface area contributed by atoms with Crippen LogP contribution in [-0.4, -0.2) is 46.7 Å². The molecule has 2 aliphatic rings. The molecule has 0 aliphatic carbocycles. The van der Waals surface area contributed by atoms with Gasteiger partial charge in [-0.15, -0.1) is 22.6 Å². The number of aryl methyl sites for hydroxylation is 1. The average Bonchev–Trinajstić information content (AvgIpc) is 3.19. The lowest BCUT2D eigenvalue weighted by Gasteiger charge is -2.39. The van der Waals surface area contributed by atoms with Gasteiger partial charge in [-0.05, 0) is 43.0 Å². The molecule has 2 aromatic carbocycles. The third-order valence-electron chi connectivity index (χ3n) is 6.73. The summed E-state index contributed by atoms with van der Waals surface area (Å²) in [6, 6.07) is 11.6. The van der Waals surface area contributed by atoms with Crippen molar-refractivity contribution in [1.82, 2.24) is 10.2 Å². The molecule has 7 nitrogen and oxygen atoms in total. The van der Waals surface area contributed by atoms with Gasteiger partial charge in [0.15, 0.2) is 17.3 Å². The molecule has 2 fully saturated rings. The number of nitrogens with zero attached hydrogens (tertiary/aromatic N) is 4. The van der Waals surface area contributed by atoms with Gasteiger partial charge in [0, 0.05) is 41.9 Å². The highest BCUT2D eigenvalue weighted by Gasteiger charge is 2.42. The monoisotopic (exact) mass is 499 g/mol. The maximum atomic E-state index is 9.91. The van der Waals surface area contributed by atoms with Crippen molar-refractivity contribution < 1.29 is 9.84 Å². The van der Waals surface area contributed by atoms with Crippen LogP contribution in [0.15, 0.2) is 36.4 Å². The van der Waals surface area contributed by atoms with Crippen LogP contribution in [0.1, 0.15) is 30.4 Å². The molecule has 5 rings (SSSR count). The molecule has 1 unspecified atom stereocenters. The number of anilines is 2. The first-order valence-electron chi connectivity index (χ1n) is 11.2. The molecule has 1 aromatic heterocycles. The third-order valence-corrected chi connectivity index (χ3v) is 7.14. The van der Waals surface area contributed by atoms with E-state index in [0.29, 0.717) is 31.1 Å². The molecular weight excluding hydrogens is 473 g/mol. The first-order chi connectivity index (χ1) is 16.0.